The van der Waals surface area contributed by atoms with E-state index in [1.54, 1.807) is 6.20 Å². The predicted molar refractivity (Wildman–Crippen MR) is 79.4 cm³/mol. The molecule has 0 aliphatic carbocycles. The Balaban J connectivity index is 1.98. The molecule has 0 amide bonds. The number of nitrogens with one attached hydrogen (secondary N) is 1. The Kier molecular flexibility index (Phi) is 5.25. The second kappa shape index (κ2) is 6.73. The third-order valence-electron chi connectivity index (χ3n) is 3.66. The zero-order valence-electron chi connectivity index (χ0n) is 12.2. The second-order valence-electron chi connectivity index (χ2n) is 5.94. The molecule has 0 radical (unpaired) electrons. The number of imidazole rings is 1. The lowest BCUT2D eigenvalue weighted by molar-refractivity contribution is 0.209. The van der Waals surface area contributed by atoms with Gasteiger partial charge in [-0.1, -0.05) is 25.4 Å². The molecule has 2 heterocycles. The number of aromatic nitrogens is 2. The van der Waals surface area contributed by atoms with Gasteiger partial charge in [0.25, 0.3) is 0 Å². The largest absolute Gasteiger partial charge is 0.321 e. The average Bonchev–Trinajstić information content (AvgIpc) is 2.94. The zero-order valence-corrected chi connectivity index (χ0v) is 13.0. The van der Waals surface area contributed by atoms with Crippen molar-refractivity contribution < 1.29 is 0 Å². The van der Waals surface area contributed by atoms with Crippen LogP contribution < -0.4 is 5.32 Å². The second-order valence-corrected chi connectivity index (χ2v) is 6.32. The van der Waals surface area contributed by atoms with E-state index in [1.807, 2.05) is 11.6 Å². The lowest BCUT2D eigenvalue weighted by Crippen LogP contribution is -2.39. The maximum atomic E-state index is 6.06. The van der Waals surface area contributed by atoms with Gasteiger partial charge in [0.2, 0.25) is 0 Å². The van der Waals surface area contributed by atoms with Gasteiger partial charge in [0.05, 0.1) is 12.7 Å². The summed E-state index contributed by atoms with van der Waals surface area (Å²) >= 11 is 6.06. The maximum Gasteiger partial charge on any atom is 0.128 e. The van der Waals surface area contributed by atoms with Crippen molar-refractivity contribution in [3.8, 4) is 0 Å². The van der Waals surface area contributed by atoms with Crippen LogP contribution in [-0.4, -0.2) is 40.1 Å². The summed E-state index contributed by atoms with van der Waals surface area (Å²) in [5.74, 6) is 1.71. The SMILES string of the molecule is CC(C)CN(Cc1ncc(Cl)n1C)CC1CCCN1. The van der Waals surface area contributed by atoms with Crippen molar-refractivity contribution in [1.82, 2.24) is 19.8 Å². The Hall–Kier alpha value is -0.580. The molecule has 1 N–H and O–H groups in total. The van der Waals surface area contributed by atoms with E-state index in [2.05, 4.69) is 29.0 Å². The minimum Gasteiger partial charge on any atom is -0.321 e. The van der Waals surface area contributed by atoms with E-state index in [-0.39, 0.29) is 0 Å². The molecule has 1 fully saturated rings. The van der Waals surface area contributed by atoms with Crippen LogP contribution in [0.2, 0.25) is 5.15 Å². The summed E-state index contributed by atoms with van der Waals surface area (Å²) in [5, 5.41) is 4.28. The fourth-order valence-electron chi connectivity index (χ4n) is 2.72. The number of hydrogen-bond donors (Lipinski definition) is 1. The zero-order chi connectivity index (χ0) is 13.8. The fourth-order valence-corrected chi connectivity index (χ4v) is 2.86. The molecule has 5 heteroatoms. The van der Waals surface area contributed by atoms with Crippen molar-refractivity contribution in [3.05, 3.63) is 17.2 Å². The van der Waals surface area contributed by atoms with Gasteiger partial charge in [0, 0.05) is 26.2 Å². The predicted octanol–water partition coefficient (Wildman–Crippen LogP) is 2.28. The summed E-state index contributed by atoms with van der Waals surface area (Å²) in [6, 6.07) is 0.634. The van der Waals surface area contributed by atoms with Crippen LogP contribution in [0.3, 0.4) is 0 Å². The van der Waals surface area contributed by atoms with Crippen LogP contribution in [0.4, 0.5) is 0 Å². The van der Waals surface area contributed by atoms with Crippen molar-refractivity contribution in [2.45, 2.75) is 39.3 Å². The van der Waals surface area contributed by atoms with Crippen molar-refractivity contribution >= 4 is 11.6 Å². The number of halogens is 1. The molecular formula is C14H25ClN4. The van der Waals surface area contributed by atoms with Gasteiger partial charge >= 0.3 is 0 Å². The first-order valence-corrected chi connectivity index (χ1v) is 7.56. The van der Waals surface area contributed by atoms with Crippen molar-refractivity contribution in [1.29, 1.82) is 0 Å². The van der Waals surface area contributed by atoms with Crippen LogP contribution >= 0.6 is 11.6 Å². The third-order valence-corrected chi connectivity index (χ3v) is 4.01. The maximum absolute atomic E-state index is 6.06. The molecule has 0 spiro atoms. The lowest BCUT2D eigenvalue weighted by Gasteiger charge is -2.27. The molecule has 108 valence electrons. The molecule has 1 aliphatic heterocycles. The Bertz CT molecular complexity index is 396. The Morgan fingerprint density at radius 1 is 1.58 bits per heavy atom. The third kappa shape index (κ3) is 4.20. The fraction of sp³-hybridized carbons (Fsp3) is 0.786. The van der Waals surface area contributed by atoms with E-state index < -0.39 is 0 Å². The normalized spacial score (nSPS) is 19.8. The summed E-state index contributed by atoms with van der Waals surface area (Å²) in [7, 11) is 1.98. The van der Waals surface area contributed by atoms with E-state index >= 15 is 0 Å². The first-order valence-electron chi connectivity index (χ1n) is 7.18. The van der Waals surface area contributed by atoms with E-state index in [0.29, 0.717) is 17.1 Å². The quantitative estimate of drug-likeness (QED) is 0.870. The van der Waals surface area contributed by atoms with Gasteiger partial charge in [-0.3, -0.25) is 4.90 Å². The van der Waals surface area contributed by atoms with Gasteiger partial charge in [0.15, 0.2) is 0 Å². The lowest BCUT2D eigenvalue weighted by atomic mass is 10.1. The highest BCUT2D eigenvalue weighted by atomic mass is 35.5. The van der Waals surface area contributed by atoms with Crippen molar-refractivity contribution in [3.63, 3.8) is 0 Å². The molecule has 0 aromatic carbocycles. The molecule has 2 rings (SSSR count). The summed E-state index contributed by atoms with van der Waals surface area (Å²) in [5.41, 5.74) is 0. The Labute approximate surface area is 121 Å². The van der Waals surface area contributed by atoms with Gasteiger partial charge in [-0.2, -0.15) is 0 Å². The number of nitrogens with zero attached hydrogens (tertiary/aromatic N) is 3. The van der Waals surface area contributed by atoms with Crippen molar-refractivity contribution in [2.75, 3.05) is 19.6 Å². The van der Waals surface area contributed by atoms with Gasteiger partial charge < -0.3 is 9.88 Å². The van der Waals surface area contributed by atoms with Crippen LogP contribution in [0.1, 0.15) is 32.5 Å². The molecule has 1 atom stereocenters. The van der Waals surface area contributed by atoms with Crippen LogP contribution in [0.5, 0.6) is 0 Å². The molecule has 1 saturated heterocycles. The summed E-state index contributed by atoms with van der Waals surface area (Å²) in [4.78, 5) is 6.90. The van der Waals surface area contributed by atoms with E-state index in [0.717, 1.165) is 32.0 Å². The minimum atomic E-state index is 0.634. The number of rotatable bonds is 6. The van der Waals surface area contributed by atoms with E-state index in [9.17, 15) is 0 Å². The molecular weight excluding hydrogens is 260 g/mol. The Morgan fingerprint density at radius 3 is 2.89 bits per heavy atom. The molecule has 19 heavy (non-hydrogen) atoms. The molecule has 1 aromatic heterocycles. The van der Waals surface area contributed by atoms with Crippen molar-refractivity contribution in [2.24, 2.45) is 13.0 Å². The van der Waals surface area contributed by atoms with E-state index in [1.165, 1.54) is 12.8 Å². The van der Waals surface area contributed by atoms with E-state index in [4.69, 9.17) is 11.6 Å². The van der Waals surface area contributed by atoms with Crippen LogP contribution in [0.15, 0.2) is 6.20 Å². The van der Waals surface area contributed by atoms with Crippen LogP contribution in [0.25, 0.3) is 0 Å². The topological polar surface area (TPSA) is 33.1 Å². The summed E-state index contributed by atoms with van der Waals surface area (Å²) < 4.78 is 1.97. The molecule has 1 aromatic rings. The summed E-state index contributed by atoms with van der Waals surface area (Å²) in [6.07, 6.45) is 4.32. The van der Waals surface area contributed by atoms with Crippen LogP contribution in [-0.2, 0) is 13.6 Å². The number of hydrogen-bond acceptors (Lipinski definition) is 3. The smallest absolute Gasteiger partial charge is 0.128 e. The molecule has 0 bridgehead atoms. The minimum absolute atomic E-state index is 0.634. The molecule has 1 aliphatic rings. The first kappa shape index (κ1) is 14.8. The standard InChI is InChI=1S/C14H25ClN4/c1-11(2)8-19(9-12-5-4-6-16-12)10-14-17-7-13(15)18(14)3/h7,11-12,16H,4-6,8-10H2,1-3H3. The average molecular weight is 285 g/mol. The highest BCUT2D eigenvalue weighted by Gasteiger charge is 2.20. The molecule has 1 unspecified atom stereocenters. The highest BCUT2D eigenvalue weighted by molar-refractivity contribution is 6.29. The molecule has 0 saturated carbocycles. The first-order chi connectivity index (χ1) is 9.06. The monoisotopic (exact) mass is 284 g/mol. The Morgan fingerprint density at radius 2 is 2.37 bits per heavy atom. The highest BCUT2D eigenvalue weighted by Crippen LogP contribution is 2.14. The van der Waals surface area contributed by atoms with Gasteiger partial charge in [-0.25, -0.2) is 4.98 Å². The van der Waals surface area contributed by atoms with Gasteiger partial charge in [-0.05, 0) is 25.3 Å². The van der Waals surface area contributed by atoms with Gasteiger partial charge in [0.1, 0.15) is 11.0 Å². The van der Waals surface area contributed by atoms with Crippen LogP contribution in [0, 0.1) is 5.92 Å². The molecule has 4 nitrogen and oxygen atoms in total. The summed E-state index contributed by atoms with van der Waals surface area (Å²) in [6.45, 7) is 8.76. The van der Waals surface area contributed by atoms with Gasteiger partial charge in [-0.15, -0.1) is 0 Å².